The molecule has 1 aromatic heterocycles. The molecule has 8 heteroatoms. The topological polar surface area (TPSA) is 45.2 Å². The lowest BCUT2D eigenvalue weighted by molar-refractivity contribution is -0.140. The van der Waals surface area contributed by atoms with Crippen molar-refractivity contribution in [3.8, 4) is 0 Å². The van der Waals surface area contributed by atoms with Crippen LogP contribution in [-0.2, 0) is 12.7 Å². The van der Waals surface area contributed by atoms with E-state index in [0.717, 1.165) is 29.6 Å². The minimum absolute atomic E-state index is 0.0896. The first-order valence-electron chi connectivity index (χ1n) is 8.83. The normalized spacial score (nSPS) is 23.0. The number of carbonyl (C=O) groups excluding carboxylic acids is 1. The van der Waals surface area contributed by atoms with Crippen molar-refractivity contribution in [2.75, 3.05) is 7.05 Å². The van der Waals surface area contributed by atoms with Crippen molar-refractivity contribution in [1.82, 2.24) is 15.2 Å². The third kappa shape index (κ3) is 4.10. The van der Waals surface area contributed by atoms with Crippen molar-refractivity contribution >= 4 is 17.4 Å². The highest BCUT2D eigenvalue weighted by Crippen LogP contribution is 2.49. The molecule has 1 aromatic rings. The summed E-state index contributed by atoms with van der Waals surface area (Å²) in [7, 11) is 1.60. The van der Waals surface area contributed by atoms with Gasteiger partial charge in [0.05, 0.1) is 6.54 Å². The van der Waals surface area contributed by atoms with Gasteiger partial charge in [-0.1, -0.05) is 25.7 Å². The molecule has 1 N–H and O–H groups in total. The van der Waals surface area contributed by atoms with Gasteiger partial charge in [0.25, 0.3) is 0 Å². The number of halogens is 3. The Morgan fingerprint density at radius 1 is 1.32 bits per heavy atom. The van der Waals surface area contributed by atoms with Gasteiger partial charge in [0.1, 0.15) is 5.01 Å². The Bertz CT molecular complexity index is 611. The molecule has 2 amide bonds. The molecule has 2 aliphatic carbocycles. The van der Waals surface area contributed by atoms with Crippen molar-refractivity contribution in [3.63, 3.8) is 0 Å². The fourth-order valence-corrected chi connectivity index (χ4v) is 5.12. The molecule has 2 aliphatic rings. The summed E-state index contributed by atoms with van der Waals surface area (Å²) in [4.78, 5) is 17.5. The van der Waals surface area contributed by atoms with Gasteiger partial charge in [0.2, 0.25) is 0 Å². The molecule has 1 heterocycles. The van der Waals surface area contributed by atoms with Crippen LogP contribution < -0.4 is 5.32 Å². The lowest BCUT2D eigenvalue weighted by Crippen LogP contribution is -2.49. The van der Waals surface area contributed by atoms with Crippen LogP contribution in [0.3, 0.4) is 0 Å². The summed E-state index contributed by atoms with van der Waals surface area (Å²) in [5.41, 5.74) is -0.655. The molecule has 0 bridgehead atoms. The zero-order valence-corrected chi connectivity index (χ0v) is 15.2. The first-order valence-corrected chi connectivity index (χ1v) is 9.71. The predicted molar refractivity (Wildman–Crippen MR) is 90.3 cm³/mol. The van der Waals surface area contributed by atoms with Crippen molar-refractivity contribution in [1.29, 1.82) is 0 Å². The van der Waals surface area contributed by atoms with Crippen LogP contribution in [0.15, 0.2) is 5.38 Å². The van der Waals surface area contributed by atoms with Crippen LogP contribution >= 0.6 is 11.3 Å². The predicted octanol–water partition coefficient (Wildman–Crippen LogP) is 4.81. The maximum Gasteiger partial charge on any atom is 0.434 e. The molecule has 0 aliphatic heterocycles. The highest BCUT2D eigenvalue weighted by Gasteiger charge is 2.44. The quantitative estimate of drug-likeness (QED) is 0.824. The van der Waals surface area contributed by atoms with Crippen LogP contribution in [0.2, 0.25) is 0 Å². The molecular weight excluding hydrogens is 351 g/mol. The molecule has 1 spiro atoms. The Labute approximate surface area is 149 Å². The Morgan fingerprint density at radius 2 is 2.00 bits per heavy atom. The first-order chi connectivity index (χ1) is 11.8. The maximum absolute atomic E-state index is 12.6. The Kier molecular flexibility index (Phi) is 5.27. The lowest BCUT2D eigenvalue weighted by atomic mass is 9.70. The third-order valence-corrected chi connectivity index (χ3v) is 6.45. The molecule has 2 saturated carbocycles. The van der Waals surface area contributed by atoms with Gasteiger partial charge in [-0.25, -0.2) is 9.78 Å². The van der Waals surface area contributed by atoms with Gasteiger partial charge in [-0.2, -0.15) is 13.2 Å². The van der Waals surface area contributed by atoms with Gasteiger partial charge in [-0.15, -0.1) is 11.3 Å². The highest BCUT2D eigenvalue weighted by molar-refractivity contribution is 7.09. The number of rotatable bonds is 3. The Balaban J connectivity index is 1.58. The second-order valence-corrected chi connectivity index (χ2v) is 8.24. The van der Waals surface area contributed by atoms with Crippen molar-refractivity contribution in [3.05, 3.63) is 16.1 Å². The number of amides is 2. The van der Waals surface area contributed by atoms with Gasteiger partial charge < -0.3 is 10.2 Å². The summed E-state index contributed by atoms with van der Waals surface area (Å²) < 4.78 is 37.9. The number of alkyl halides is 3. The monoisotopic (exact) mass is 375 g/mol. The van der Waals surface area contributed by atoms with Crippen LogP contribution in [0.5, 0.6) is 0 Å². The van der Waals surface area contributed by atoms with E-state index in [4.69, 9.17) is 0 Å². The number of thiazole rings is 1. The summed E-state index contributed by atoms with van der Waals surface area (Å²) in [6.45, 7) is 0.0896. The SMILES string of the molecule is CN(Cc1nc(C(F)(F)F)cs1)C(=O)NC1CCCC12CCCCC2. The van der Waals surface area contributed by atoms with Crippen molar-refractivity contribution < 1.29 is 18.0 Å². The first kappa shape index (κ1) is 18.5. The summed E-state index contributed by atoms with van der Waals surface area (Å²) in [5, 5.41) is 4.43. The van der Waals surface area contributed by atoms with Gasteiger partial charge in [-0.3, -0.25) is 0 Å². The lowest BCUT2D eigenvalue weighted by Gasteiger charge is -2.39. The summed E-state index contributed by atoms with van der Waals surface area (Å²) in [6.07, 6.45) is 4.92. The second kappa shape index (κ2) is 7.13. The van der Waals surface area contributed by atoms with Crippen LogP contribution in [0.4, 0.5) is 18.0 Å². The maximum atomic E-state index is 12.6. The smallest absolute Gasteiger partial charge is 0.335 e. The molecule has 25 heavy (non-hydrogen) atoms. The number of nitrogens with zero attached hydrogens (tertiary/aromatic N) is 2. The van der Waals surface area contributed by atoms with E-state index in [1.54, 1.807) is 7.05 Å². The number of hydrogen-bond acceptors (Lipinski definition) is 3. The van der Waals surface area contributed by atoms with Crippen LogP contribution in [-0.4, -0.2) is 29.0 Å². The van der Waals surface area contributed by atoms with E-state index < -0.39 is 11.9 Å². The Morgan fingerprint density at radius 3 is 2.64 bits per heavy atom. The molecule has 3 rings (SSSR count). The minimum Gasteiger partial charge on any atom is -0.335 e. The molecule has 0 radical (unpaired) electrons. The number of urea groups is 1. The molecule has 1 unspecified atom stereocenters. The number of hydrogen-bond donors (Lipinski definition) is 1. The number of aromatic nitrogens is 1. The van der Waals surface area contributed by atoms with Crippen LogP contribution in [0.25, 0.3) is 0 Å². The van der Waals surface area contributed by atoms with Crippen molar-refractivity contribution in [2.24, 2.45) is 5.41 Å². The second-order valence-electron chi connectivity index (χ2n) is 7.30. The molecule has 0 aromatic carbocycles. The molecule has 4 nitrogen and oxygen atoms in total. The van der Waals surface area contributed by atoms with E-state index >= 15 is 0 Å². The van der Waals surface area contributed by atoms with Crippen LogP contribution in [0.1, 0.15) is 62.1 Å². The largest absolute Gasteiger partial charge is 0.434 e. The fraction of sp³-hybridized carbons (Fsp3) is 0.765. The molecule has 0 saturated heterocycles. The van der Waals surface area contributed by atoms with E-state index in [9.17, 15) is 18.0 Å². The summed E-state index contributed by atoms with van der Waals surface area (Å²) >= 11 is 0.934. The molecule has 1 atom stereocenters. The number of nitrogens with one attached hydrogen (secondary N) is 1. The average molecular weight is 375 g/mol. The third-order valence-electron chi connectivity index (χ3n) is 5.62. The zero-order valence-electron chi connectivity index (χ0n) is 14.4. The van der Waals surface area contributed by atoms with Gasteiger partial charge in [-0.05, 0) is 31.1 Å². The van der Waals surface area contributed by atoms with Crippen molar-refractivity contribution in [2.45, 2.75) is 70.1 Å². The van der Waals surface area contributed by atoms with E-state index in [1.165, 1.54) is 43.4 Å². The molecule has 2 fully saturated rings. The average Bonchev–Trinajstić information content (AvgIpc) is 3.16. The fourth-order valence-electron chi connectivity index (χ4n) is 4.27. The molecular formula is C17H24F3N3OS. The van der Waals surface area contributed by atoms with E-state index in [2.05, 4.69) is 10.3 Å². The zero-order chi connectivity index (χ0) is 18.1. The Hall–Kier alpha value is -1.31. The summed E-state index contributed by atoms with van der Waals surface area (Å²) in [5.74, 6) is 0. The molecule has 140 valence electrons. The number of carbonyl (C=O) groups is 1. The van der Waals surface area contributed by atoms with E-state index in [1.807, 2.05) is 0 Å². The van der Waals surface area contributed by atoms with E-state index in [-0.39, 0.29) is 24.0 Å². The van der Waals surface area contributed by atoms with Gasteiger partial charge in [0.15, 0.2) is 5.69 Å². The highest BCUT2D eigenvalue weighted by atomic mass is 32.1. The minimum atomic E-state index is -4.44. The standard InChI is InChI=1S/C17H24F3N3OS/c1-23(10-14-21-13(11-25-14)17(18,19)20)15(24)22-12-6-5-9-16(12)7-3-2-4-8-16/h11-12H,2-10H2,1H3,(H,22,24). The summed E-state index contributed by atoms with van der Waals surface area (Å²) in [6, 6.07) is -0.0367. The van der Waals surface area contributed by atoms with Gasteiger partial charge in [0, 0.05) is 18.5 Å². The van der Waals surface area contributed by atoms with E-state index in [0.29, 0.717) is 5.01 Å². The van der Waals surface area contributed by atoms with Gasteiger partial charge >= 0.3 is 12.2 Å². The van der Waals surface area contributed by atoms with Crippen LogP contribution in [0, 0.1) is 5.41 Å².